The SMILES string of the molecule is CC(C)[Si](O[C@H](C)Cc1cc(OCc2ccccc2)cc(OCc2ccccc2)c1C(=O)O[C@H](C)CC(=O)O)(C(C)C)C(C)C. The van der Waals surface area contributed by atoms with Crippen molar-refractivity contribution in [1.29, 1.82) is 0 Å². The first kappa shape index (κ1) is 35.9. The molecule has 0 aromatic heterocycles. The number of ether oxygens (including phenoxy) is 3. The van der Waals surface area contributed by atoms with Crippen LogP contribution in [0.25, 0.3) is 0 Å². The smallest absolute Gasteiger partial charge is 0.342 e. The predicted octanol–water partition coefficient (Wildman–Crippen LogP) is 8.99. The summed E-state index contributed by atoms with van der Waals surface area (Å²) in [6.45, 7) is 17.7. The van der Waals surface area contributed by atoms with E-state index in [9.17, 15) is 14.7 Å². The van der Waals surface area contributed by atoms with Crippen molar-refractivity contribution in [1.82, 2.24) is 0 Å². The van der Waals surface area contributed by atoms with Crippen LogP contribution < -0.4 is 9.47 Å². The van der Waals surface area contributed by atoms with Gasteiger partial charge in [-0.15, -0.1) is 0 Å². The van der Waals surface area contributed by atoms with E-state index in [0.29, 0.717) is 46.7 Å². The molecule has 45 heavy (non-hydrogen) atoms. The normalized spacial score (nSPS) is 13.1. The maximum atomic E-state index is 13.8. The molecule has 0 spiro atoms. The van der Waals surface area contributed by atoms with Crippen LogP contribution >= 0.6 is 0 Å². The quantitative estimate of drug-likeness (QED) is 0.117. The number of carbonyl (C=O) groups is 2. The van der Waals surface area contributed by atoms with Gasteiger partial charge in [0, 0.05) is 12.2 Å². The van der Waals surface area contributed by atoms with Gasteiger partial charge in [0.25, 0.3) is 0 Å². The van der Waals surface area contributed by atoms with Crippen molar-refractivity contribution >= 4 is 20.3 Å². The molecule has 3 rings (SSSR count). The van der Waals surface area contributed by atoms with Gasteiger partial charge in [-0.3, -0.25) is 4.79 Å². The zero-order chi connectivity index (χ0) is 33.1. The largest absolute Gasteiger partial charge is 0.489 e. The van der Waals surface area contributed by atoms with Crippen molar-refractivity contribution in [2.45, 2.75) is 110 Å². The molecule has 1 N–H and O–H groups in total. The van der Waals surface area contributed by atoms with Gasteiger partial charge in [0.1, 0.15) is 36.4 Å². The Morgan fingerprint density at radius 2 is 1.22 bits per heavy atom. The molecule has 0 aliphatic carbocycles. The van der Waals surface area contributed by atoms with E-state index in [4.69, 9.17) is 18.6 Å². The molecule has 0 unspecified atom stereocenters. The molecule has 0 saturated carbocycles. The second-order valence-electron chi connectivity index (χ2n) is 12.8. The highest BCUT2D eigenvalue weighted by Crippen LogP contribution is 2.43. The number of esters is 1. The fraction of sp³-hybridized carbons (Fsp3) is 0.459. The summed E-state index contributed by atoms with van der Waals surface area (Å²) in [5.41, 5.74) is 4.06. The van der Waals surface area contributed by atoms with Crippen molar-refractivity contribution in [2.24, 2.45) is 0 Å². The molecule has 244 valence electrons. The van der Waals surface area contributed by atoms with Crippen LogP contribution in [-0.4, -0.2) is 37.6 Å². The van der Waals surface area contributed by atoms with E-state index in [2.05, 4.69) is 48.5 Å². The van der Waals surface area contributed by atoms with Crippen molar-refractivity contribution < 1.29 is 33.3 Å². The molecular weight excluding hydrogens is 584 g/mol. The molecule has 0 saturated heterocycles. The van der Waals surface area contributed by atoms with E-state index >= 15 is 0 Å². The van der Waals surface area contributed by atoms with E-state index < -0.39 is 26.4 Å². The third-order valence-electron chi connectivity index (χ3n) is 8.24. The molecule has 0 amide bonds. The van der Waals surface area contributed by atoms with E-state index in [0.717, 1.165) is 11.1 Å². The molecule has 8 heteroatoms. The van der Waals surface area contributed by atoms with Crippen molar-refractivity contribution in [3.05, 3.63) is 95.1 Å². The van der Waals surface area contributed by atoms with E-state index in [1.54, 1.807) is 13.0 Å². The van der Waals surface area contributed by atoms with Crippen LogP contribution in [0.15, 0.2) is 72.8 Å². The summed E-state index contributed by atoms with van der Waals surface area (Å²) in [4.78, 5) is 25.2. The highest BCUT2D eigenvalue weighted by Gasteiger charge is 2.46. The molecule has 7 nitrogen and oxygen atoms in total. The Morgan fingerprint density at radius 3 is 1.71 bits per heavy atom. The Kier molecular flexibility index (Phi) is 13.2. The molecular formula is C37H50O7Si. The van der Waals surface area contributed by atoms with Gasteiger partial charge >= 0.3 is 11.9 Å². The number of benzene rings is 3. The first-order valence-electron chi connectivity index (χ1n) is 15.9. The van der Waals surface area contributed by atoms with Gasteiger partial charge in [0.2, 0.25) is 8.32 Å². The summed E-state index contributed by atoms with van der Waals surface area (Å²) in [6.07, 6.45) is -0.915. The van der Waals surface area contributed by atoms with Crippen LogP contribution in [0.5, 0.6) is 11.5 Å². The standard InChI is InChI=1S/C37H50O7Si/c1-25(2)45(26(3)4,27(5)6)44-29(8)19-32-21-33(41-23-30-15-11-9-12-16-30)22-34(42-24-31-17-13-10-14-18-31)36(32)37(40)43-28(7)20-35(38)39/h9-18,21-22,25-29H,19-20,23-24H2,1-8H3,(H,38,39)/t28-,29-/m1/s1. The van der Waals surface area contributed by atoms with E-state index in [1.165, 1.54) is 0 Å². The van der Waals surface area contributed by atoms with Gasteiger partial charge in [0.15, 0.2) is 0 Å². The molecule has 3 aromatic rings. The third-order valence-corrected chi connectivity index (χ3v) is 14.5. The maximum absolute atomic E-state index is 13.8. The molecule has 3 aromatic carbocycles. The lowest BCUT2D eigenvalue weighted by Gasteiger charge is -2.44. The molecule has 0 radical (unpaired) electrons. The average Bonchev–Trinajstić information content (AvgIpc) is 2.97. The number of hydrogen-bond donors (Lipinski definition) is 1. The number of hydrogen-bond acceptors (Lipinski definition) is 6. The summed E-state index contributed by atoms with van der Waals surface area (Å²) >= 11 is 0. The van der Waals surface area contributed by atoms with Gasteiger partial charge in [-0.05, 0) is 59.6 Å². The Hall–Kier alpha value is -3.62. The van der Waals surface area contributed by atoms with E-state index in [-0.39, 0.29) is 24.7 Å². The minimum absolute atomic E-state index is 0.210. The highest BCUT2D eigenvalue weighted by atomic mass is 28.4. The van der Waals surface area contributed by atoms with Crippen molar-refractivity contribution in [2.75, 3.05) is 0 Å². The first-order valence-corrected chi connectivity index (χ1v) is 18.1. The van der Waals surface area contributed by atoms with Gasteiger partial charge < -0.3 is 23.7 Å². The van der Waals surface area contributed by atoms with Gasteiger partial charge in [-0.2, -0.15) is 0 Å². The Morgan fingerprint density at radius 1 is 0.711 bits per heavy atom. The molecule has 0 fully saturated rings. The van der Waals surface area contributed by atoms with Crippen LogP contribution in [0.1, 0.15) is 88.9 Å². The lowest BCUT2D eigenvalue weighted by molar-refractivity contribution is -0.138. The third kappa shape index (κ3) is 9.93. The summed E-state index contributed by atoms with van der Waals surface area (Å²) in [7, 11) is -2.22. The number of carboxylic acid groups (broad SMARTS) is 1. The molecule has 0 heterocycles. The van der Waals surface area contributed by atoms with E-state index in [1.807, 2.05) is 66.7 Å². The number of carbonyl (C=O) groups excluding carboxylic acids is 1. The zero-order valence-electron chi connectivity index (χ0n) is 28.0. The topological polar surface area (TPSA) is 91.3 Å². The van der Waals surface area contributed by atoms with Crippen molar-refractivity contribution in [3.8, 4) is 11.5 Å². The Labute approximate surface area is 270 Å². The second kappa shape index (κ2) is 16.6. The number of carboxylic acids is 1. The monoisotopic (exact) mass is 634 g/mol. The maximum Gasteiger partial charge on any atom is 0.342 e. The molecule has 0 aliphatic heterocycles. The summed E-state index contributed by atoms with van der Waals surface area (Å²) in [6, 6.07) is 23.1. The minimum Gasteiger partial charge on any atom is -0.489 e. The minimum atomic E-state index is -2.22. The summed E-state index contributed by atoms with van der Waals surface area (Å²) in [5.74, 6) is -0.803. The van der Waals surface area contributed by atoms with Crippen LogP contribution in [-0.2, 0) is 33.6 Å². The van der Waals surface area contributed by atoms with Crippen LogP contribution in [0.3, 0.4) is 0 Å². The average molecular weight is 635 g/mol. The van der Waals surface area contributed by atoms with Gasteiger partial charge in [-0.25, -0.2) is 4.79 Å². The zero-order valence-corrected chi connectivity index (χ0v) is 29.0. The molecule has 0 bridgehead atoms. The molecule has 2 atom stereocenters. The van der Waals surface area contributed by atoms with Gasteiger partial charge in [-0.1, -0.05) is 102 Å². The Bertz CT molecular complexity index is 1350. The van der Waals surface area contributed by atoms with Crippen molar-refractivity contribution in [3.63, 3.8) is 0 Å². The summed E-state index contributed by atoms with van der Waals surface area (Å²) in [5, 5.41) is 9.29. The van der Waals surface area contributed by atoms with Crippen LogP contribution in [0, 0.1) is 0 Å². The predicted molar refractivity (Wildman–Crippen MR) is 180 cm³/mol. The fourth-order valence-corrected chi connectivity index (χ4v) is 11.9. The highest BCUT2D eigenvalue weighted by molar-refractivity contribution is 6.77. The second-order valence-corrected chi connectivity index (χ2v) is 18.2. The van der Waals surface area contributed by atoms with Crippen LogP contribution in [0.2, 0.25) is 16.6 Å². The van der Waals surface area contributed by atoms with Gasteiger partial charge in [0.05, 0.1) is 6.42 Å². The first-order chi connectivity index (χ1) is 21.3. The fourth-order valence-electron chi connectivity index (χ4n) is 6.35. The number of aliphatic carboxylic acids is 1. The lowest BCUT2D eigenvalue weighted by Crippen LogP contribution is -2.50. The lowest BCUT2D eigenvalue weighted by atomic mass is 10.00. The molecule has 0 aliphatic rings. The number of rotatable bonds is 17. The Balaban J connectivity index is 2.08. The van der Waals surface area contributed by atoms with Crippen LogP contribution in [0.4, 0.5) is 0 Å². The summed E-state index contributed by atoms with van der Waals surface area (Å²) < 4.78 is 25.3.